The van der Waals surface area contributed by atoms with Gasteiger partial charge in [0.1, 0.15) is 0 Å². The van der Waals surface area contributed by atoms with Gasteiger partial charge in [0.2, 0.25) is 0 Å². The number of rotatable bonds is 4. The molecule has 1 aromatic rings. The number of nitrogens with one attached hydrogen (secondary N) is 1. The van der Waals surface area contributed by atoms with Gasteiger partial charge >= 0.3 is 0 Å². The molecule has 1 aromatic carbocycles. The Labute approximate surface area is 125 Å². The Kier molecular flexibility index (Phi) is 5.26. The minimum absolute atomic E-state index is 0.632. The minimum atomic E-state index is 0.632. The van der Waals surface area contributed by atoms with Crippen molar-refractivity contribution in [2.24, 2.45) is 17.8 Å². The molecule has 1 fully saturated rings. The molecular weight excluding hydrogens is 242 g/mol. The lowest BCUT2D eigenvalue weighted by Crippen LogP contribution is -2.39. The van der Waals surface area contributed by atoms with Crippen LogP contribution in [0.5, 0.6) is 0 Å². The summed E-state index contributed by atoms with van der Waals surface area (Å²) in [5.74, 6) is 2.63. The minimum Gasteiger partial charge on any atom is -0.316 e. The van der Waals surface area contributed by atoms with E-state index in [0.717, 1.165) is 17.8 Å². The van der Waals surface area contributed by atoms with E-state index in [0.29, 0.717) is 6.04 Å². The van der Waals surface area contributed by atoms with Crippen LogP contribution in [-0.4, -0.2) is 13.1 Å². The van der Waals surface area contributed by atoms with Gasteiger partial charge in [-0.15, -0.1) is 0 Å². The van der Waals surface area contributed by atoms with Crippen LogP contribution in [0, 0.1) is 31.6 Å². The van der Waals surface area contributed by atoms with Crippen molar-refractivity contribution in [1.82, 2.24) is 5.32 Å². The Hall–Kier alpha value is -0.820. The molecule has 0 radical (unpaired) electrons. The zero-order valence-corrected chi connectivity index (χ0v) is 13.9. The lowest BCUT2D eigenvalue weighted by atomic mass is 9.72. The molecule has 0 bridgehead atoms. The van der Waals surface area contributed by atoms with E-state index in [2.05, 4.69) is 58.3 Å². The average Bonchev–Trinajstić information content (AvgIpc) is 2.43. The molecule has 0 amide bonds. The summed E-state index contributed by atoms with van der Waals surface area (Å²) in [4.78, 5) is 0. The maximum Gasteiger partial charge on any atom is 0.0133 e. The van der Waals surface area contributed by atoms with Crippen molar-refractivity contribution in [3.8, 4) is 0 Å². The summed E-state index contributed by atoms with van der Waals surface area (Å²) in [7, 11) is 2.13. The average molecular weight is 273 g/mol. The summed E-state index contributed by atoms with van der Waals surface area (Å²) in [5, 5.41) is 3.59. The van der Waals surface area contributed by atoms with Crippen LogP contribution in [0.3, 0.4) is 0 Å². The highest BCUT2D eigenvalue weighted by Crippen LogP contribution is 2.35. The van der Waals surface area contributed by atoms with Gasteiger partial charge in [-0.2, -0.15) is 0 Å². The fraction of sp³-hybridized carbons (Fsp3) is 0.684. The van der Waals surface area contributed by atoms with Crippen LogP contribution in [0.4, 0.5) is 0 Å². The van der Waals surface area contributed by atoms with E-state index < -0.39 is 0 Å². The lowest BCUT2D eigenvalue weighted by molar-refractivity contribution is 0.173. The number of aryl methyl sites for hydroxylation is 2. The molecule has 1 nitrogen and oxygen atoms in total. The van der Waals surface area contributed by atoms with Gasteiger partial charge in [-0.25, -0.2) is 0 Å². The first-order valence-corrected chi connectivity index (χ1v) is 8.24. The molecule has 0 aliphatic heterocycles. The fourth-order valence-electron chi connectivity index (χ4n) is 3.64. The molecule has 0 aromatic heterocycles. The quantitative estimate of drug-likeness (QED) is 0.851. The maximum absolute atomic E-state index is 3.59. The SMILES string of the molecule is CNC(Cc1ccc(C)c(C)c1)C1CCC(C)C(C)C1. The summed E-state index contributed by atoms with van der Waals surface area (Å²) in [6.45, 7) is 9.26. The third kappa shape index (κ3) is 3.63. The monoisotopic (exact) mass is 273 g/mol. The second-order valence-electron chi connectivity index (χ2n) is 7.05. The molecular formula is C19H31N. The van der Waals surface area contributed by atoms with Crippen molar-refractivity contribution >= 4 is 0 Å². The van der Waals surface area contributed by atoms with Crippen molar-refractivity contribution in [1.29, 1.82) is 0 Å². The predicted molar refractivity (Wildman–Crippen MR) is 88.1 cm³/mol. The highest BCUT2D eigenvalue weighted by molar-refractivity contribution is 5.30. The van der Waals surface area contributed by atoms with Gasteiger partial charge in [0.15, 0.2) is 0 Å². The first kappa shape index (κ1) is 15.6. The molecule has 20 heavy (non-hydrogen) atoms. The molecule has 1 heteroatoms. The van der Waals surface area contributed by atoms with Gasteiger partial charge in [0.25, 0.3) is 0 Å². The highest BCUT2D eigenvalue weighted by Gasteiger charge is 2.29. The molecule has 112 valence electrons. The number of benzene rings is 1. The third-order valence-corrected chi connectivity index (χ3v) is 5.61. The van der Waals surface area contributed by atoms with Crippen LogP contribution in [0.15, 0.2) is 18.2 Å². The van der Waals surface area contributed by atoms with Crippen molar-refractivity contribution in [3.63, 3.8) is 0 Å². The third-order valence-electron chi connectivity index (χ3n) is 5.61. The maximum atomic E-state index is 3.59. The van der Waals surface area contributed by atoms with Gasteiger partial charge in [-0.05, 0) is 74.6 Å². The normalized spacial score (nSPS) is 28.4. The summed E-state index contributed by atoms with van der Waals surface area (Å²) < 4.78 is 0. The van der Waals surface area contributed by atoms with Crippen LogP contribution in [0.25, 0.3) is 0 Å². The van der Waals surface area contributed by atoms with Crippen LogP contribution in [0.1, 0.15) is 49.8 Å². The summed E-state index contributed by atoms with van der Waals surface area (Å²) >= 11 is 0. The van der Waals surface area contributed by atoms with Gasteiger partial charge in [0.05, 0.1) is 0 Å². The molecule has 0 spiro atoms. The van der Waals surface area contributed by atoms with E-state index in [-0.39, 0.29) is 0 Å². The first-order valence-electron chi connectivity index (χ1n) is 8.24. The van der Waals surface area contributed by atoms with Gasteiger partial charge in [-0.3, -0.25) is 0 Å². The van der Waals surface area contributed by atoms with Gasteiger partial charge < -0.3 is 5.32 Å². The smallest absolute Gasteiger partial charge is 0.0133 e. The zero-order valence-electron chi connectivity index (χ0n) is 13.9. The molecule has 4 unspecified atom stereocenters. The predicted octanol–water partition coefficient (Wildman–Crippen LogP) is 4.51. The number of likely N-dealkylation sites (N-methyl/N-ethyl adjacent to an activating group) is 1. The van der Waals surface area contributed by atoms with Crippen LogP contribution >= 0.6 is 0 Å². The van der Waals surface area contributed by atoms with Crippen molar-refractivity contribution < 1.29 is 0 Å². The van der Waals surface area contributed by atoms with Crippen LogP contribution in [-0.2, 0) is 6.42 Å². The standard InChI is InChI=1S/C19H31N/c1-13-6-8-17(10-15(13)3)12-19(20-5)18-9-7-14(2)16(4)11-18/h6,8,10,14,16,18-20H,7,9,11-12H2,1-5H3. The molecule has 0 heterocycles. The second kappa shape index (κ2) is 6.76. The van der Waals surface area contributed by atoms with Gasteiger partial charge in [-0.1, -0.05) is 38.5 Å². The summed E-state index contributed by atoms with van der Waals surface area (Å²) in [6.07, 6.45) is 5.35. The van der Waals surface area contributed by atoms with E-state index >= 15 is 0 Å². The van der Waals surface area contributed by atoms with E-state index in [9.17, 15) is 0 Å². The Morgan fingerprint density at radius 2 is 1.85 bits per heavy atom. The highest BCUT2D eigenvalue weighted by atomic mass is 14.9. The van der Waals surface area contributed by atoms with E-state index in [1.807, 2.05) is 0 Å². The van der Waals surface area contributed by atoms with Crippen molar-refractivity contribution in [2.75, 3.05) is 7.05 Å². The molecule has 2 rings (SSSR count). The molecule has 1 saturated carbocycles. The molecule has 1 N–H and O–H groups in total. The first-order chi connectivity index (χ1) is 9.51. The van der Waals surface area contributed by atoms with E-state index in [1.165, 1.54) is 42.4 Å². The number of hydrogen-bond donors (Lipinski definition) is 1. The van der Waals surface area contributed by atoms with Crippen molar-refractivity contribution in [3.05, 3.63) is 34.9 Å². The Bertz CT molecular complexity index is 437. The molecule has 0 saturated heterocycles. The Balaban J connectivity index is 2.03. The second-order valence-corrected chi connectivity index (χ2v) is 7.05. The van der Waals surface area contributed by atoms with Gasteiger partial charge in [0, 0.05) is 6.04 Å². The van der Waals surface area contributed by atoms with Crippen molar-refractivity contribution in [2.45, 2.75) is 59.4 Å². The summed E-state index contributed by atoms with van der Waals surface area (Å²) in [5.41, 5.74) is 4.30. The Morgan fingerprint density at radius 3 is 2.45 bits per heavy atom. The largest absolute Gasteiger partial charge is 0.316 e. The Morgan fingerprint density at radius 1 is 1.10 bits per heavy atom. The zero-order chi connectivity index (χ0) is 14.7. The number of hydrogen-bond acceptors (Lipinski definition) is 1. The molecule has 1 aliphatic rings. The van der Waals surface area contributed by atoms with E-state index in [1.54, 1.807) is 0 Å². The van der Waals surface area contributed by atoms with E-state index in [4.69, 9.17) is 0 Å². The topological polar surface area (TPSA) is 12.0 Å². The molecule has 1 aliphatic carbocycles. The molecule has 4 atom stereocenters. The van der Waals surface area contributed by atoms with Crippen LogP contribution in [0.2, 0.25) is 0 Å². The fourth-order valence-corrected chi connectivity index (χ4v) is 3.64. The van der Waals surface area contributed by atoms with Crippen LogP contribution < -0.4 is 5.32 Å². The lowest BCUT2D eigenvalue weighted by Gasteiger charge is -2.36. The summed E-state index contributed by atoms with van der Waals surface area (Å²) in [6, 6.07) is 7.58.